The molecule has 0 saturated heterocycles. The number of halogens is 1. The van der Waals surface area contributed by atoms with Crippen LogP contribution in [0, 0.1) is 6.92 Å². The van der Waals surface area contributed by atoms with Gasteiger partial charge in [0.15, 0.2) is 5.65 Å². The van der Waals surface area contributed by atoms with Gasteiger partial charge in [0, 0.05) is 24.5 Å². The molecule has 0 radical (unpaired) electrons. The van der Waals surface area contributed by atoms with Crippen molar-refractivity contribution in [3.63, 3.8) is 0 Å². The summed E-state index contributed by atoms with van der Waals surface area (Å²) in [6, 6.07) is 12.2. The Morgan fingerprint density at radius 2 is 1.97 bits per heavy atom. The predicted molar refractivity (Wildman–Crippen MR) is 119 cm³/mol. The molecule has 4 aromatic heterocycles. The van der Waals surface area contributed by atoms with Crippen molar-refractivity contribution in [3.8, 4) is 17.2 Å². The van der Waals surface area contributed by atoms with Gasteiger partial charge in [-0.15, -0.1) is 10.2 Å². The van der Waals surface area contributed by atoms with Gasteiger partial charge in [-0.3, -0.25) is 0 Å². The SMILES string of the molecule is CCCc1nc2c(C)ccnc2n1Cc1ccc(-n2cc(Cl)cc2-c2nn[nH]n2)cc1. The summed E-state index contributed by atoms with van der Waals surface area (Å²) in [5.41, 5.74) is 5.97. The lowest BCUT2D eigenvalue weighted by Gasteiger charge is -2.11. The lowest BCUT2D eigenvalue weighted by molar-refractivity contribution is 0.716. The van der Waals surface area contributed by atoms with Crippen LogP contribution >= 0.6 is 11.6 Å². The van der Waals surface area contributed by atoms with E-state index in [2.05, 4.69) is 68.3 Å². The third-order valence-electron chi connectivity index (χ3n) is 5.30. The number of aromatic nitrogens is 8. The molecule has 0 atom stereocenters. The van der Waals surface area contributed by atoms with Crippen LogP contribution in [0.5, 0.6) is 0 Å². The topological polar surface area (TPSA) is 90.1 Å². The highest BCUT2D eigenvalue weighted by Crippen LogP contribution is 2.26. The van der Waals surface area contributed by atoms with E-state index in [0.29, 0.717) is 17.4 Å². The third kappa shape index (κ3) is 3.59. The maximum absolute atomic E-state index is 6.25. The first kappa shape index (κ1) is 19.4. The molecular formula is C22H21ClN8. The first-order valence-corrected chi connectivity index (χ1v) is 10.5. The van der Waals surface area contributed by atoms with Crippen LogP contribution in [0.25, 0.3) is 28.4 Å². The van der Waals surface area contributed by atoms with Crippen LogP contribution in [0.15, 0.2) is 48.8 Å². The lowest BCUT2D eigenvalue weighted by atomic mass is 10.2. The van der Waals surface area contributed by atoms with E-state index in [1.165, 1.54) is 5.56 Å². The number of rotatable bonds is 6. The molecule has 0 saturated carbocycles. The maximum Gasteiger partial charge on any atom is 0.221 e. The van der Waals surface area contributed by atoms with E-state index in [-0.39, 0.29) is 0 Å². The molecule has 5 rings (SSSR count). The highest BCUT2D eigenvalue weighted by atomic mass is 35.5. The Kier molecular flexibility index (Phi) is 4.99. The first-order valence-electron chi connectivity index (χ1n) is 10.2. The van der Waals surface area contributed by atoms with Crippen LogP contribution in [0.3, 0.4) is 0 Å². The van der Waals surface area contributed by atoms with Crippen molar-refractivity contribution in [3.05, 3.63) is 70.8 Å². The summed E-state index contributed by atoms with van der Waals surface area (Å²) in [5.74, 6) is 1.56. The van der Waals surface area contributed by atoms with E-state index in [1.54, 1.807) is 0 Å². The number of fused-ring (bicyclic) bond motifs is 1. The molecule has 5 aromatic rings. The van der Waals surface area contributed by atoms with Crippen molar-refractivity contribution in [1.82, 2.24) is 39.7 Å². The van der Waals surface area contributed by atoms with Crippen LogP contribution in [0.2, 0.25) is 5.02 Å². The quantitative estimate of drug-likeness (QED) is 0.430. The maximum atomic E-state index is 6.25. The van der Waals surface area contributed by atoms with Gasteiger partial charge in [0.2, 0.25) is 5.82 Å². The summed E-state index contributed by atoms with van der Waals surface area (Å²) in [7, 11) is 0. The van der Waals surface area contributed by atoms with Gasteiger partial charge in [-0.2, -0.15) is 5.21 Å². The molecule has 4 heterocycles. The van der Waals surface area contributed by atoms with Crippen molar-refractivity contribution in [2.45, 2.75) is 33.2 Å². The highest BCUT2D eigenvalue weighted by molar-refractivity contribution is 6.30. The monoisotopic (exact) mass is 432 g/mol. The molecule has 0 spiro atoms. The van der Waals surface area contributed by atoms with Crippen LogP contribution in [0.1, 0.15) is 30.3 Å². The van der Waals surface area contributed by atoms with Gasteiger partial charge in [-0.25, -0.2) is 9.97 Å². The molecule has 0 fully saturated rings. The summed E-state index contributed by atoms with van der Waals surface area (Å²) in [5, 5.41) is 14.9. The molecule has 1 aromatic carbocycles. The number of pyridine rings is 1. The Labute approximate surface area is 183 Å². The van der Waals surface area contributed by atoms with E-state index in [9.17, 15) is 0 Å². The summed E-state index contributed by atoms with van der Waals surface area (Å²) in [6.45, 7) is 4.96. The number of hydrogen-bond donors (Lipinski definition) is 1. The van der Waals surface area contributed by atoms with Gasteiger partial charge in [0.25, 0.3) is 0 Å². The van der Waals surface area contributed by atoms with E-state index in [1.807, 2.05) is 29.1 Å². The number of nitrogens with zero attached hydrogens (tertiary/aromatic N) is 7. The second-order valence-electron chi connectivity index (χ2n) is 7.48. The molecule has 1 N–H and O–H groups in total. The molecule has 0 aliphatic rings. The largest absolute Gasteiger partial charge is 0.312 e. The fourth-order valence-corrected chi connectivity index (χ4v) is 4.00. The molecule has 0 aliphatic carbocycles. The number of H-pyrrole nitrogens is 1. The molecule has 9 heteroatoms. The van der Waals surface area contributed by atoms with Crippen molar-refractivity contribution in [1.29, 1.82) is 0 Å². The second-order valence-corrected chi connectivity index (χ2v) is 7.92. The zero-order valence-electron chi connectivity index (χ0n) is 17.2. The molecule has 8 nitrogen and oxygen atoms in total. The van der Waals surface area contributed by atoms with Gasteiger partial charge >= 0.3 is 0 Å². The zero-order chi connectivity index (χ0) is 21.4. The van der Waals surface area contributed by atoms with Gasteiger partial charge < -0.3 is 9.13 Å². The van der Waals surface area contributed by atoms with Crippen molar-refractivity contribution >= 4 is 22.8 Å². The Hall–Kier alpha value is -3.52. The average Bonchev–Trinajstić information content (AvgIpc) is 3.50. The minimum atomic E-state index is 0.492. The van der Waals surface area contributed by atoms with Crippen LogP contribution in [0.4, 0.5) is 0 Å². The van der Waals surface area contributed by atoms with E-state index in [0.717, 1.165) is 46.8 Å². The number of hydrogen-bond acceptors (Lipinski definition) is 5. The second kappa shape index (κ2) is 7.96. The van der Waals surface area contributed by atoms with E-state index in [4.69, 9.17) is 16.6 Å². The lowest BCUT2D eigenvalue weighted by Crippen LogP contribution is -2.06. The first-order chi connectivity index (χ1) is 15.1. The fourth-order valence-electron chi connectivity index (χ4n) is 3.80. The standard InChI is InChI=1S/C22H21ClN8/c1-3-4-19-25-20-14(2)9-10-24-22(20)31(19)12-15-5-7-17(8-6-15)30-13-16(23)11-18(30)21-26-28-29-27-21/h5-11,13H,3-4,12H2,1-2H3,(H,26,27,28,29). The molecule has 0 bridgehead atoms. The summed E-state index contributed by atoms with van der Waals surface area (Å²) < 4.78 is 4.18. The van der Waals surface area contributed by atoms with Crippen LogP contribution in [-0.2, 0) is 13.0 Å². The van der Waals surface area contributed by atoms with Crippen LogP contribution in [-0.4, -0.2) is 39.7 Å². The predicted octanol–water partition coefficient (Wildman–Crippen LogP) is 4.36. The smallest absolute Gasteiger partial charge is 0.221 e. The minimum Gasteiger partial charge on any atom is -0.312 e. The third-order valence-corrected chi connectivity index (χ3v) is 5.51. The summed E-state index contributed by atoms with van der Waals surface area (Å²) in [4.78, 5) is 9.47. The van der Waals surface area contributed by atoms with Gasteiger partial charge in [-0.05, 0) is 54.0 Å². The van der Waals surface area contributed by atoms with Crippen molar-refractivity contribution in [2.75, 3.05) is 0 Å². The fraction of sp³-hybridized carbons (Fsp3) is 0.227. The summed E-state index contributed by atoms with van der Waals surface area (Å²) >= 11 is 6.25. The average molecular weight is 433 g/mol. The van der Waals surface area contributed by atoms with E-state index >= 15 is 0 Å². The number of tetrazole rings is 1. The molecule has 156 valence electrons. The Balaban J connectivity index is 1.49. The number of nitrogens with one attached hydrogen (secondary N) is 1. The normalized spacial score (nSPS) is 11.5. The zero-order valence-corrected chi connectivity index (χ0v) is 18.0. The van der Waals surface area contributed by atoms with Crippen molar-refractivity contribution < 1.29 is 0 Å². The van der Waals surface area contributed by atoms with Crippen molar-refractivity contribution in [2.24, 2.45) is 0 Å². The van der Waals surface area contributed by atoms with Gasteiger partial charge in [0.05, 0.1) is 17.3 Å². The molecule has 31 heavy (non-hydrogen) atoms. The minimum absolute atomic E-state index is 0.492. The van der Waals surface area contributed by atoms with E-state index < -0.39 is 0 Å². The Morgan fingerprint density at radius 3 is 2.71 bits per heavy atom. The number of imidazole rings is 1. The Bertz CT molecular complexity index is 1330. The summed E-state index contributed by atoms with van der Waals surface area (Å²) in [6.07, 6.45) is 5.65. The highest BCUT2D eigenvalue weighted by Gasteiger charge is 2.15. The van der Waals surface area contributed by atoms with Gasteiger partial charge in [-0.1, -0.05) is 30.7 Å². The Morgan fingerprint density at radius 1 is 1.13 bits per heavy atom. The molecule has 0 aliphatic heterocycles. The number of aromatic amines is 1. The number of benzene rings is 1. The van der Waals surface area contributed by atoms with Crippen LogP contribution < -0.4 is 0 Å². The molecular weight excluding hydrogens is 412 g/mol. The molecule has 0 unspecified atom stereocenters. The van der Waals surface area contributed by atoms with Gasteiger partial charge in [0.1, 0.15) is 11.3 Å². The molecule has 0 amide bonds. The number of aryl methyl sites for hydroxylation is 2.